The van der Waals surface area contributed by atoms with Crippen molar-refractivity contribution in [2.45, 2.75) is 26.4 Å². The maximum absolute atomic E-state index is 12.5. The highest BCUT2D eigenvalue weighted by Gasteiger charge is 2.18. The molecule has 0 saturated carbocycles. The predicted octanol–water partition coefficient (Wildman–Crippen LogP) is 3.69. The largest absolute Gasteiger partial charge is 0.497 e. The summed E-state index contributed by atoms with van der Waals surface area (Å²) in [6.45, 7) is 4.07. The molecule has 142 valence electrons. The van der Waals surface area contributed by atoms with Crippen molar-refractivity contribution in [2.24, 2.45) is 0 Å². The lowest BCUT2D eigenvalue weighted by atomic mass is 10.2. The molecule has 0 fully saturated rings. The highest BCUT2D eigenvalue weighted by atomic mass is 16.5. The molecule has 0 aromatic heterocycles. The van der Waals surface area contributed by atoms with E-state index in [1.165, 1.54) is 6.08 Å². The Bertz CT molecular complexity index is 784. The van der Waals surface area contributed by atoms with Crippen LogP contribution in [0.15, 0.2) is 60.7 Å². The van der Waals surface area contributed by atoms with E-state index in [2.05, 4.69) is 0 Å². The van der Waals surface area contributed by atoms with E-state index < -0.39 is 5.97 Å². The zero-order valence-corrected chi connectivity index (χ0v) is 15.9. The van der Waals surface area contributed by atoms with Crippen LogP contribution in [0.25, 0.3) is 6.08 Å². The Balaban J connectivity index is 1.90. The van der Waals surface area contributed by atoms with Gasteiger partial charge in [-0.25, -0.2) is 4.79 Å². The van der Waals surface area contributed by atoms with Crippen molar-refractivity contribution in [3.63, 3.8) is 0 Å². The molecule has 0 spiro atoms. The van der Waals surface area contributed by atoms with E-state index in [1.807, 2.05) is 62.4 Å². The summed E-state index contributed by atoms with van der Waals surface area (Å²) < 4.78 is 10.2. The number of carbonyl (C=O) groups is 2. The summed E-state index contributed by atoms with van der Waals surface area (Å²) in [5.74, 6) is -0.0826. The normalized spacial score (nSPS) is 10.8. The Morgan fingerprint density at radius 3 is 2.48 bits per heavy atom. The van der Waals surface area contributed by atoms with Gasteiger partial charge < -0.3 is 14.4 Å². The fourth-order valence-corrected chi connectivity index (χ4v) is 2.51. The molecular formula is C22H25NO4. The number of amides is 1. The molecule has 0 aliphatic heterocycles. The lowest BCUT2D eigenvalue weighted by molar-refractivity contribution is -0.149. The number of hydrogen-bond donors (Lipinski definition) is 0. The molecule has 2 rings (SSSR count). The predicted molar refractivity (Wildman–Crippen MR) is 105 cm³/mol. The Hall–Kier alpha value is -3.08. The SMILES string of the molecule is COc1cccc(/C=C/C(=O)OCC(=O)N(Cc2ccccc2)C(C)C)c1. The number of esters is 1. The zero-order valence-electron chi connectivity index (χ0n) is 15.9. The second-order valence-electron chi connectivity index (χ2n) is 6.32. The van der Waals surface area contributed by atoms with Gasteiger partial charge in [0.05, 0.1) is 7.11 Å². The van der Waals surface area contributed by atoms with E-state index >= 15 is 0 Å². The Morgan fingerprint density at radius 2 is 1.81 bits per heavy atom. The number of rotatable bonds is 8. The minimum Gasteiger partial charge on any atom is -0.497 e. The van der Waals surface area contributed by atoms with Crippen LogP contribution in [0, 0.1) is 0 Å². The molecule has 2 aromatic carbocycles. The van der Waals surface area contributed by atoms with Gasteiger partial charge >= 0.3 is 5.97 Å². The van der Waals surface area contributed by atoms with Crippen LogP contribution in [0.5, 0.6) is 5.75 Å². The van der Waals surface area contributed by atoms with Crippen LogP contribution < -0.4 is 4.74 Å². The Labute approximate surface area is 160 Å². The molecule has 2 aromatic rings. The van der Waals surface area contributed by atoms with Gasteiger partial charge in [-0.05, 0) is 43.2 Å². The number of methoxy groups -OCH3 is 1. The van der Waals surface area contributed by atoms with E-state index in [9.17, 15) is 9.59 Å². The van der Waals surface area contributed by atoms with Crippen molar-refractivity contribution in [3.8, 4) is 5.75 Å². The summed E-state index contributed by atoms with van der Waals surface area (Å²) in [5, 5.41) is 0. The average Bonchev–Trinajstić information content (AvgIpc) is 2.69. The number of carbonyl (C=O) groups excluding carboxylic acids is 2. The van der Waals surface area contributed by atoms with E-state index in [1.54, 1.807) is 24.2 Å². The summed E-state index contributed by atoms with van der Waals surface area (Å²) in [6, 6.07) is 17.0. The van der Waals surface area contributed by atoms with Crippen molar-refractivity contribution < 1.29 is 19.1 Å². The molecule has 0 radical (unpaired) electrons. The molecule has 0 unspecified atom stereocenters. The number of benzene rings is 2. The fourth-order valence-electron chi connectivity index (χ4n) is 2.51. The van der Waals surface area contributed by atoms with Gasteiger partial charge in [0.1, 0.15) is 5.75 Å². The van der Waals surface area contributed by atoms with Gasteiger partial charge in [-0.2, -0.15) is 0 Å². The molecule has 27 heavy (non-hydrogen) atoms. The van der Waals surface area contributed by atoms with Crippen molar-refractivity contribution in [2.75, 3.05) is 13.7 Å². The molecule has 0 aliphatic rings. The second-order valence-corrected chi connectivity index (χ2v) is 6.32. The van der Waals surface area contributed by atoms with Crippen molar-refractivity contribution in [1.82, 2.24) is 4.90 Å². The van der Waals surface area contributed by atoms with Gasteiger partial charge in [0.2, 0.25) is 0 Å². The smallest absolute Gasteiger partial charge is 0.331 e. The number of ether oxygens (including phenoxy) is 2. The van der Waals surface area contributed by atoms with Gasteiger partial charge in [-0.1, -0.05) is 42.5 Å². The summed E-state index contributed by atoms with van der Waals surface area (Å²) in [4.78, 5) is 26.1. The van der Waals surface area contributed by atoms with Crippen LogP contribution in [0.2, 0.25) is 0 Å². The van der Waals surface area contributed by atoms with Gasteiger partial charge in [0.15, 0.2) is 6.61 Å². The third-order valence-corrected chi connectivity index (χ3v) is 3.98. The molecule has 1 amide bonds. The fraction of sp³-hybridized carbons (Fsp3) is 0.273. The van der Waals surface area contributed by atoms with Gasteiger partial charge in [0.25, 0.3) is 5.91 Å². The van der Waals surface area contributed by atoms with Gasteiger partial charge in [0, 0.05) is 18.7 Å². The van der Waals surface area contributed by atoms with Crippen LogP contribution in [0.3, 0.4) is 0 Å². The first-order valence-electron chi connectivity index (χ1n) is 8.82. The summed E-state index contributed by atoms with van der Waals surface area (Å²) in [7, 11) is 1.58. The third kappa shape index (κ3) is 6.62. The highest BCUT2D eigenvalue weighted by molar-refractivity contribution is 5.89. The monoisotopic (exact) mass is 367 g/mol. The Morgan fingerprint density at radius 1 is 1.07 bits per heavy atom. The Kier molecular flexibility index (Phi) is 7.62. The lowest BCUT2D eigenvalue weighted by Gasteiger charge is -2.26. The minimum absolute atomic E-state index is 0.00346. The molecule has 0 atom stereocenters. The number of hydrogen-bond acceptors (Lipinski definition) is 4. The molecule has 0 saturated heterocycles. The molecule has 5 nitrogen and oxygen atoms in total. The van der Waals surface area contributed by atoms with Gasteiger partial charge in [-0.3, -0.25) is 4.79 Å². The topological polar surface area (TPSA) is 55.8 Å². The summed E-state index contributed by atoms with van der Waals surface area (Å²) in [5.41, 5.74) is 1.84. The van der Waals surface area contributed by atoms with Crippen molar-refractivity contribution >= 4 is 18.0 Å². The average molecular weight is 367 g/mol. The molecule has 0 bridgehead atoms. The third-order valence-electron chi connectivity index (χ3n) is 3.98. The maximum atomic E-state index is 12.5. The highest BCUT2D eigenvalue weighted by Crippen LogP contribution is 2.14. The molecule has 0 heterocycles. The standard InChI is InChI=1S/C22H25NO4/c1-17(2)23(15-19-8-5-4-6-9-19)21(24)16-27-22(25)13-12-18-10-7-11-20(14-18)26-3/h4-14,17H,15-16H2,1-3H3/b13-12+. The van der Waals surface area contributed by atoms with Crippen LogP contribution in [0.1, 0.15) is 25.0 Å². The van der Waals surface area contributed by atoms with E-state index in [4.69, 9.17) is 9.47 Å². The number of nitrogens with zero attached hydrogens (tertiary/aromatic N) is 1. The molecular weight excluding hydrogens is 342 g/mol. The van der Waals surface area contributed by atoms with Crippen molar-refractivity contribution in [1.29, 1.82) is 0 Å². The van der Waals surface area contributed by atoms with Crippen molar-refractivity contribution in [3.05, 3.63) is 71.8 Å². The first kappa shape index (κ1) is 20.2. The maximum Gasteiger partial charge on any atom is 0.331 e. The van der Waals surface area contributed by atoms with Crippen LogP contribution in [-0.4, -0.2) is 36.5 Å². The van der Waals surface area contributed by atoms with Crippen LogP contribution in [0.4, 0.5) is 0 Å². The minimum atomic E-state index is -0.561. The first-order chi connectivity index (χ1) is 13.0. The van der Waals surface area contributed by atoms with Gasteiger partial charge in [-0.15, -0.1) is 0 Å². The quantitative estimate of drug-likeness (QED) is 0.527. The summed E-state index contributed by atoms with van der Waals surface area (Å²) in [6.07, 6.45) is 2.93. The molecule has 0 N–H and O–H groups in total. The zero-order chi connectivity index (χ0) is 19.6. The first-order valence-corrected chi connectivity index (χ1v) is 8.82. The second kappa shape index (κ2) is 10.2. The lowest BCUT2D eigenvalue weighted by Crippen LogP contribution is -2.39. The molecule has 5 heteroatoms. The van der Waals surface area contributed by atoms with E-state index in [-0.39, 0.29) is 18.6 Å². The van der Waals surface area contributed by atoms with Crippen LogP contribution >= 0.6 is 0 Å². The molecule has 0 aliphatic carbocycles. The summed E-state index contributed by atoms with van der Waals surface area (Å²) >= 11 is 0. The van der Waals surface area contributed by atoms with E-state index in [0.717, 1.165) is 11.1 Å². The van der Waals surface area contributed by atoms with E-state index in [0.29, 0.717) is 12.3 Å². The van der Waals surface area contributed by atoms with Crippen LogP contribution in [-0.2, 0) is 20.9 Å².